The number of carbonyl (C=O) groups excluding carboxylic acids is 1. The summed E-state index contributed by atoms with van der Waals surface area (Å²) >= 11 is 3.04. The maximum absolute atomic E-state index is 12.3. The fourth-order valence-corrected chi connectivity index (χ4v) is 4.04. The molecule has 5 nitrogen and oxygen atoms in total. The molecule has 0 unspecified atom stereocenters. The standard InChI is InChI=1S/C14H20N2O3S2/c1-14(2,12(15)13(18)19)21-8-11(17)16-5-3-10-9(7-16)4-6-20-10/h4,6,12H,3,5,7-8,15H2,1-2H3,(H,18,19)/t12-/m1/s1. The molecule has 0 bridgehead atoms. The van der Waals surface area contributed by atoms with Gasteiger partial charge in [-0.15, -0.1) is 23.1 Å². The second-order valence-corrected chi connectivity index (χ2v) is 8.27. The quantitative estimate of drug-likeness (QED) is 0.857. The van der Waals surface area contributed by atoms with Crippen molar-refractivity contribution in [2.75, 3.05) is 12.3 Å². The molecule has 21 heavy (non-hydrogen) atoms. The minimum atomic E-state index is -1.04. The molecule has 1 amide bonds. The normalized spacial score (nSPS) is 16.4. The number of thioether (sulfide) groups is 1. The van der Waals surface area contributed by atoms with E-state index in [1.165, 1.54) is 22.2 Å². The lowest BCUT2D eigenvalue weighted by Gasteiger charge is -2.31. The summed E-state index contributed by atoms with van der Waals surface area (Å²) in [7, 11) is 0. The SMILES string of the molecule is CC(C)(SCC(=O)N1CCc2sccc2C1)[C@H](N)C(=O)O. The van der Waals surface area contributed by atoms with Gasteiger partial charge in [0.25, 0.3) is 0 Å². The first kappa shape index (κ1) is 16.3. The number of aliphatic carboxylic acids is 1. The second-order valence-electron chi connectivity index (χ2n) is 5.64. The number of hydrogen-bond donors (Lipinski definition) is 2. The summed E-state index contributed by atoms with van der Waals surface area (Å²) in [4.78, 5) is 26.5. The van der Waals surface area contributed by atoms with Crippen molar-refractivity contribution in [2.45, 2.75) is 37.6 Å². The van der Waals surface area contributed by atoms with Gasteiger partial charge in [0.1, 0.15) is 6.04 Å². The van der Waals surface area contributed by atoms with Gasteiger partial charge in [0.15, 0.2) is 0 Å². The van der Waals surface area contributed by atoms with Crippen molar-refractivity contribution in [3.63, 3.8) is 0 Å². The third-order valence-corrected chi connectivity index (χ3v) is 6.16. The molecule has 0 radical (unpaired) electrons. The number of carboxylic acids is 1. The minimum Gasteiger partial charge on any atom is -0.480 e. The third kappa shape index (κ3) is 3.78. The average molecular weight is 328 g/mol. The van der Waals surface area contributed by atoms with Crippen LogP contribution in [-0.2, 0) is 22.6 Å². The Balaban J connectivity index is 1.90. The van der Waals surface area contributed by atoms with Crippen LogP contribution in [0.25, 0.3) is 0 Å². The van der Waals surface area contributed by atoms with Gasteiger partial charge in [0, 0.05) is 22.7 Å². The molecular weight excluding hydrogens is 308 g/mol. The lowest BCUT2D eigenvalue weighted by Crippen LogP contribution is -2.47. The number of thiophene rings is 1. The molecule has 116 valence electrons. The van der Waals surface area contributed by atoms with Gasteiger partial charge in [-0.25, -0.2) is 0 Å². The van der Waals surface area contributed by atoms with Crippen LogP contribution in [0.15, 0.2) is 11.4 Å². The number of nitrogens with two attached hydrogens (primary N) is 1. The highest BCUT2D eigenvalue weighted by Crippen LogP contribution is 2.29. The van der Waals surface area contributed by atoms with Gasteiger partial charge in [-0.2, -0.15) is 0 Å². The Morgan fingerprint density at radius 2 is 2.29 bits per heavy atom. The topological polar surface area (TPSA) is 83.6 Å². The van der Waals surface area contributed by atoms with Crippen LogP contribution in [0, 0.1) is 0 Å². The van der Waals surface area contributed by atoms with Gasteiger partial charge in [-0.1, -0.05) is 0 Å². The summed E-state index contributed by atoms with van der Waals surface area (Å²) in [6.45, 7) is 4.91. The van der Waals surface area contributed by atoms with Crippen molar-refractivity contribution in [1.82, 2.24) is 4.90 Å². The molecule has 2 rings (SSSR count). The van der Waals surface area contributed by atoms with Crippen LogP contribution in [-0.4, -0.2) is 45.0 Å². The van der Waals surface area contributed by atoms with E-state index in [4.69, 9.17) is 10.8 Å². The maximum atomic E-state index is 12.3. The van der Waals surface area contributed by atoms with Gasteiger partial charge >= 0.3 is 5.97 Å². The summed E-state index contributed by atoms with van der Waals surface area (Å²) in [5, 5.41) is 11.0. The lowest BCUT2D eigenvalue weighted by molar-refractivity contribution is -0.139. The molecule has 7 heteroatoms. The molecule has 0 saturated carbocycles. The van der Waals surface area contributed by atoms with E-state index in [9.17, 15) is 9.59 Å². The molecule has 0 spiro atoms. The summed E-state index contributed by atoms with van der Waals surface area (Å²) in [5.74, 6) is -0.740. The highest BCUT2D eigenvalue weighted by Gasteiger charge is 2.34. The Morgan fingerprint density at radius 3 is 2.95 bits per heavy atom. The molecule has 2 heterocycles. The number of amides is 1. The molecule has 0 saturated heterocycles. The van der Waals surface area contributed by atoms with E-state index >= 15 is 0 Å². The maximum Gasteiger partial charge on any atom is 0.321 e. The van der Waals surface area contributed by atoms with Crippen LogP contribution in [0.5, 0.6) is 0 Å². The number of carboxylic acid groups (broad SMARTS) is 1. The van der Waals surface area contributed by atoms with Crippen molar-refractivity contribution < 1.29 is 14.7 Å². The Kier molecular flexibility index (Phi) is 4.95. The van der Waals surface area contributed by atoms with Gasteiger partial charge in [-0.05, 0) is 37.3 Å². The molecule has 0 aromatic carbocycles. The molecular formula is C14H20N2O3S2. The highest BCUT2D eigenvalue weighted by molar-refractivity contribution is 8.01. The lowest BCUT2D eigenvalue weighted by atomic mass is 10.1. The monoisotopic (exact) mass is 328 g/mol. The number of carbonyl (C=O) groups is 2. The van der Waals surface area contributed by atoms with Crippen molar-refractivity contribution in [3.8, 4) is 0 Å². The molecule has 1 aliphatic rings. The van der Waals surface area contributed by atoms with Crippen LogP contribution < -0.4 is 5.73 Å². The van der Waals surface area contributed by atoms with Crippen molar-refractivity contribution in [1.29, 1.82) is 0 Å². The van der Waals surface area contributed by atoms with E-state index in [1.54, 1.807) is 25.2 Å². The number of rotatable bonds is 5. The molecule has 1 aliphatic heterocycles. The molecule has 0 fully saturated rings. The van der Waals surface area contributed by atoms with E-state index in [0.29, 0.717) is 6.54 Å². The average Bonchev–Trinajstić information content (AvgIpc) is 2.91. The molecule has 1 atom stereocenters. The minimum absolute atomic E-state index is 0.0440. The Bertz CT molecular complexity index is 542. The Hall–Kier alpha value is -1.05. The van der Waals surface area contributed by atoms with Gasteiger partial charge in [-0.3, -0.25) is 9.59 Å². The van der Waals surface area contributed by atoms with E-state index in [-0.39, 0.29) is 11.7 Å². The summed E-state index contributed by atoms with van der Waals surface area (Å²) < 4.78 is -0.676. The summed E-state index contributed by atoms with van der Waals surface area (Å²) in [5.41, 5.74) is 6.89. The zero-order chi connectivity index (χ0) is 15.6. The van der Waals surface area contributed by atoms with Crippen molar-refractivity contribution in [2.24, 2.45) is 5.73 Å². The Labute approximate surface area is 132 Å². The van der Waals surface area contributed by atoms with E-state index < -0.39 is 16.8 Å². The largest absolute Gasteiger partial charge is 0.480 e. The molecule has 1 aromatic rings. The predicted octanol–water partition coefficient (Wildman–Crippen LogP) is 1.56. The Morgan fingerprint density at radius 1 is 1.57 bits per heavy atom. The second kappa shape index (κ2) is 6.37. The van der Waals surface area contributed by atoms with Gasteiger partial charge < -0.3 is 15.7 Å². The van der Waals surface area contributed by atoms with Crippen molar-refractivity contribution >= 4 is 35.0 Å². The zero-order valence-electron chi connectivity index (χ0n) is 12.2. The first-order valence-corrected chi connectivity index (χ1v) is 8.63. The van der Waals surface area contributed by atoms with E-state index in [2.05, 4.69) is 11.4 Å². The van der Waals surface area contributed by atoms with Crippen LogP contribution in [0.1, 0.15) is 24.3 Å². The number of hydrogen-bond acceptors (Lipinski definition) is 5. The zero-order valence-corrected chi connectivity index (χ0v) is 13.8. The van der Waals surface area contributed by atoms with Crippen LogP contribution >= 0.6 is 23.1 Å². The van der Waals surface area contributed by atoms with Crippen LogP contribution in [0.4, 0.5) is 0 Å². The van der Waals surface area contributed by atoms with Crippen LogP contribution in [0.2, 0.25) is 0 Å². The molecule has 3 N–H and O–H groups in total. The molecule has 1 aromatic heterocycles. The number of fused-ring (bicyclic) bond motifs is 1. The predicted molar refractivity (Wildman–Crippen MR) is 85.6 cm³/mol. The summed E-state index contributed by atoms with van der Waals surface area (Å²) in [6, 6.07) is 1.08. The van der Waals surface area contributed by atoms with Crippen LogP contribution in [0.3, 0.4) is 0 Å². The number of nitrogens with zero attached hydrogens (tertiary/aromatic N) is 1. The first-order valence-electron chi connectivity index (χ1n) is 6.76. The van der Waals surface area contributed by atoms with Gasteiger partial charge in [0.05, 0.1) is 5.75 Å². The smallest absolute Gasteiger partial charge is 0.321 e. The molecule has 0 aliphatic carbocycles. The van der Waals surface area contributed by atoms with Gasteiger partial charge in [0.2, 0.25) is 5.91 Å². The first-order chi connectivity index (χ1) is 9.81. The fraction of sp³-hybridized carbons (Fsp3) is 0.571. The highest BCUT2D eigenvalue weighted by atomic mass is 32.2. The van der Waals surface area contributed by atoms with Crippen molar-refractivity contribution in [3.05, 3.63) is 21.9 Å². The van der Waals surface area contributed by atoms with E-state index in [1.807, 2.05) is 4.90 Å². The summed E-state index contributed by atoms with van der Waals surface area (Å²) in [6.07, 6.45) is 0.904. The van der Waals surface area contributed by atoms with E-state index in [0.717, 1.165) is 13.0 Å². The third-order valence-electron chi connectivity index (χ3n) is 3.74. The fourth-order valence-electron chi connectivity index (χ4n) is 2.19.